The predicted octanol–water partition coefficient (Wildman–Crippen LogP) is 3.40. The lowest BCUT2D eigenvalue weighted by molar-refractivity contribution is 0.299. The molecule has 0 bridgehead atoms. The van der Waals surface area contributed by atoms with Gasteiger partial charge in [-0.15, -0.1) is 0 Å². The summed E-state index contributed by atoms with van der Waals surface area (Å²) in [6, 6.07) is 11.1. The van der Waals surface area contributed by atoms with E-state index in [2.05, 4.69) is 5.32 Å². The topological polar surface area (TPSA) is 21.3 Å². The van der Waals surface area contributed by atoms with Gasteiger partial charge in [-0.25, -0.2) is 8.78 Å². The molecule has 0 radical (unpaired) electrons. The van der Waals surface area contributed by atoms with Gasteiger partial charge in [-0.2, -0.15) is 0 Å². The highest BCUT2D eigenvalue weighted by molar-refractivity contribution is 5.42. The molecule has 2 nitrogen and oxygen atoms in total. The summed E-state index contributed by atoms with van der Waals surface area (Å²) < 4.78 is 33.6. The number of hydrogen-bond donors (Lipinski definition) is 1. The van der Waals surface area contributed by atoms with E-state index in [9.17, 15) is 8.78 Å². The lowest BCUT2D eigenvalue weighted by Crippen LogP contribution is -2.27. The standard InChI is InChI=1S/C16H15F2NO/c1-19-16(15-12(17)6-4-7-13(15)18)11-9-20-14-8-3-2-5-10(11)14/h2-8,11,16,19H,9H2,1H3. The highest BCUT2D eigenvalue weighted by Crippen LogP contribution is 2.42. The maximum atomic E-state index is 14.0. The van der Waals surface area contributed by atoms with Crippen LogP contribution in [0.5, 0.6) is 5.75 Å². The fourth-order valence-electron chi connectivity index (χ4n) is 2.82. The molecular formula is C16H15F2NO. The van der Waals surface area contributed by atoms with Crippen molar-refractivity contribution in [1.82, 2.24) is 5.32 Å². The molecule has 0 spiro atoms. The Bertz CT molecular complexity index is 609. The average Bonchev–Trinajstić information content (AvgIpc) is 2.87. The molecule has 0 saturated heterocycles. The minimum Gasteiger partial charge on any atom is -0.493 e. The van der Waals surface area contributed by atoms with Crippen molar-refractivity contribution < 1.29 is 13.5 Å². The van der Waals surface area contributed by atoms with Crippen LogP contribution in [0, 0.1) is 11.6 Å². The molecule has 2 unspecified atom stereocenters. The van der Waals surface area contributed by atoms with Gasteiger partial charge in [-0.05, 0) is 25.2 Å². The lowest BCUT2D eigenvalue weighted by Gasteiger charge is -2.23. The fraction of sp³-hybridized carbons (Fsp3) is 0.250. The third-order valence-corrected chi connectivity index (χ3v) is 3.76. The van der Waals surface area contributed by atoms with Crippen LogP contribution in [0.25, 0.3) is 0 Å². The highest BCUT2D eigenvalue weighted by Gasteiger charge is 2.34. The first-order chi connectivity index (χ1) is 9.72. The number of likely N-dealkylation sites (N-methyl/N-ethyl adjacent to an activating group) is 1. The van der Waals surface area contributed by atoms with Gasteiger partial charge in [-0.1, -0.05) is 24.3 Å². The first-order valence-corrected chi connectivity index (χ1v) is 6.55. The van der Waals surface area contributed by atoms with E-state index in [0.717, 1.165) is 11.3 Å². The SMILES string of the molecule is CNC(c1c(F)cccc1F)C1COc2ccccc21. The molecule has 2 atom stereocenters. The predicted molar refractivity (Wildman–Crippen MR) is 72.8 cm³/mol. The maximum Gasteiger partial charge on any atom is 0.130 e. The van der Waals surface area contributed by atoms with E-state index in [1.807, 2.05) is 24.3 Å². The number of halogens is 2. The molecule has 2 aromatic carbocycles. The molecule has 0 amide bonds. The van der Waals surface area contributed by atoms with E-state index in [1.54, 1.807) is 7.05 Å². The second kappa shape index (κ2) is 5.21. The zero-order valence-electron chi connectivity index (χ0n) is 11.1. The van der Waals surface area contributed by atoms with E-state index in [-0.39, 0.29) is 11.5 Å². The van der Waals surface area contributed by atoms with Crippen LogP contribution in [0.1, 0.15) is 23.1 Å². The van der Waals surface area contributed by atoms with Gasteiger partial charge in [0.1, 0.15) is 17.4 Å². The number of ether oxygens (including phenoxy) is 1. The number of para-hydroxylation sites is 1. The third kappa shape index (κ3) is 2.06. The Morgan fingerprint density at radius 2 is 1.80 bits per heavy atom. The van der Waals surface area contributed by atoms with Gasteiger partial charge < -0.3 is 10.1 Å². The number of nitrogens with one attached hydrogen (secondary N) is 1. The molecule has 0 aromatic heterocycles. The molecule has 1 heterocycles. The van der Waals surface area contributed by atoms with Crippen LogP contribution in [-0.2, 0) is 0 Å². The highest BCUT2D eigenvalue weighted by atomic mass is 19.1. The lowest BCUT2D eigenvalue weighted by atomic mass is 9.88. The summed E-state index contributed by atoms with van der Waals surface area (Å²) >= 11 is 0. The van der Waals surface area contributed by atoms with Gasteiger partial charge in [0.05, 0.1) is 6.61 Å². The summed E-state index contributed by atoms with van der Waals surface area (Å²) in [4.78, 5) is 0. The summed E-state index contributed by atoms with van der Waals surface area (Å²) in [5.74, 6) is -0.389. The van der Waals surface area contributed by atoms with Crippen molar-refractivity contribution in [3.05, 3.63) is 65.2 Å². The molecule has 0 saturated carbocycles. The van der Waals surface area contributed by atoms with Gasteiger partial charge in [0.25, 0.3) is 0 Å². The van der Waals surface area contributed by atoms with Crippen molar-refractivity contribution in [2.45, 2.75) is 12.0 Å². The van der Waals surface area contributed by atoms with Crippen LogP contribution in [0.2, 0.25) is 0 Å². The molecule has 4 heteroatoms. The van der Waals surface area contributed by atoms with Crippen molar-refractivity contribution in [3.8, 4) is 5.75 Å². The van der Waals surface area contributed by atoms with E-state index in [4.69, 9.17) is 4.74 Å². The summed E-state index contributed by atoms with van der Waals surface area (Å²) in [6.07, 6.45) is 0. The minimum atomic E-state index is -0.534. The van der Waals surface area contributed by atoms with E-state index in [1.165, 1.54) is 18.2 Å². The summed E-state index contributed by atoms with van der Waals surface area (Å²) in [5.41, 5.74) is 1.05. The van der Waals surface area contributed by atoms with Gasteiger partial charge in [0, 0.05) is 23.1 Å². The van der Waals surface area contributed by atoms with Crippen molar-refractivity contribution in [2.24, 2.45) is 0 Å². The molecule has 1 aliphatic rings. The maximum absolute atomic E-state index is 14.0. The smallest absolute Gasteiger partial charge is 0.130 e. The number of rotatable bonds is 3. The van der Waals surface area contributed by atoms with E-state index < -0.39 is 17.7 Å². The van der Waals surface area contributed by atoms with Crippen molar-refractivity contribution in [1.29, 1.82) is 0 Å². The second-order valence-corrected chi connectivity index (χ2v) is 4.86. The van der Waals surface area contributed by atoms with Gasteiger partial charge in [0.2, 0.25) is 0 Å². The largest absolute Gasteiger partial charge is 0.493 e. The number of fused-ring (bicyclic) bond motifs is 1. The monoisotopic (exact) mass is 275 g/mol. The first-order valence-electron chi connectivity index (χ1n) is 6.55. The molecule has 0 aliphatic carbocycles. The van der Waals surface area contributed by atoms with Crippen LogP contribution in [0.15, 0.2) is 42.5 Å². The van der Waals surface area contributed by atoms with Gasteiger partial charge >= 0.3 is 0 Å². The molecule has 1 aliphatic heterocycles. The number of benzene rings is 2. The Balaban J connectivity index is 2.04. The molecular weight excluding hydrogens is 260 g/mol. The Morgan fingerprint density at radius 3 is 2.50 bits per heavy atom. The summed E-state index contributed by atoms with van der Waals surface area (Å²) in [7, 11) is 1.71. The van der Waals surface area contributed by atoms with Crippen LogP contribution < -0.4 is 10.1 Å². The zero-order chi connectivity index (χ0) is 14.1. The number of hydrogen-bond acceptors (Lipinski definition) is 2. The van der Waals surface area contributed by atoms with Crippen LogP contribution in [-0.4, -0.2) is 13.7 Å². The molecule has 0 fully saturated rings. The van der Waals surface area contributed by atoms with E-state index in [0.29, 0.717) is 6.61 Å². The Kier molecular flexibility index (Phi) is 3.40. The second-order valence-electron chi connectivity index (χ2n) is 4.86. The molecule has 104 valence electrons. The average molecular weight is 275 g/mol. The third-order valence-electron chi connectivity index (χ3n) is 3.76. The van der Waals surface area contributed by atoms with Crippen molar-refractivity contribution >= 4 is 0 Å². The Morgan fingerprint density at radius 1 is 1.10 bits per heavy atom. The van der Waals surface area contributed by atoms with Crippen LogP contribution in [0.4, 0.5) is 8.78 Å². The Hall–Kier alpha value is -1.94. The summed E-state index contributed by atoms with van der Waals surface area (Å²) in [6.45, 7) is 0.415. The quantitative estimate of drug-likeness (QED) is 0.927. The Labute approximate surface area is 116 Å². The molecule has 20 heavy (non-hydrogen) atoms. The van der Waals surface area contributed by atoms with Crippen LogP contribution in [0.3, 0.4) is 0 Å². The van der Waals surface area contributed by atoms with Crippen LogP contribution >= 0.6 is 0 Å². The van der Waals surface area contributed by atoms with E-state index >= 15 is 0 Å². The first kappa shape index (κ1) is 13.1. The summed E-state index contributed by atoms with van der Waals surface area (Å²) in [5, 5.41) is 3.02. The van der Waals surface area contributed by atoms with Crippen molar-refractivity contribution in [2.75, 3.05) is 13.7 Å². The normalized spacial score (nSPS) is 18.4. The van der Waals surface area contributed by atoms with Gasteiger partial charge in [-0.3, -0.25) is 0 Å². The van der Waals surface area contributed by atoms with Gasteiger partial charge in [0.15, 0.2) is 0 Å². The molecule has 3 rings (SSSR count). The fourth-order valence-corrected chi connectivity index (χ4v) is 2.82. The molecule has 1 N–H and O–H groups in total. The zero-order valence-corrected chi connectivity index (χ0v) is 11.1. The molecule has 2 aromatic rings. The minimum absolute atomic E-state index is 0.0697. The van der Waals surface area contributed by atoms with Crippen molar-refractivity contribution in [3.63, 3.8) is 0 Å².